The van der Waals surface area contributed by atoms with Crippen molar-refractivity contribution < 1.29 is 18.3 Å². The SMILES string of the molecule is CCS(=O)(=O)c1ccc([C@H](CO)NC(=O)c2cnc3c(c2)CN(C)[C@@H]3C)cc1. The summed E-state index contributed by atoms with van der Waals surface area (Å²) in [6.45, 7) is 4.09. The van der Waals surface area contributed by atoms with Gasteiger partial charge in [-0.05, 0) is 43.3 Å². The molecule has 0 radical (unpaired) electrons. The van der Waals surface area contributed by atoms with Crippen molar-refractivity contribution in [2.75, 3.05) is 19.4 Å². The maximum atomic E-state index is 12.7. The number of aliphatic hydroxyl groups is 1. The zero-order chi connectivity index (χ0) is 20.5. The van der Waals surface area contributed by atoms with E-state index in [1.807, 2.05) is 13.1 Å². The molecule has 3 rings (SSSR count). The number of aliphatic hydroxyl groups excluding tert-OH is 1. The van der Waals surface area contributed by atoms with Gasteiger partial charge in [0.1, 0.15) is 0 Å². The van der Waals surface area contributed by atoms with Gasteiger partial charge in [-0.3, -0.25) is 14.7 Å². The lowest BCUT2D eigenvalue weighted by Gasteiger charge is -2.17. The summed E-state index contributed by atoms with van der Waals surface area (Å²) in [7, 11) is -1.28. The standard InChI is InChI=1S/C20H25N3O4S/c1-4-28(26,27)17-7-5-14(6-8-17)18(12-24)22-20(25)15-9-16-11-23(3)13(2)19(16)21-10-15/h5-10,13,18,24H,4,11-12H2,1-3H3,(H,22,25)/t13-,18+/m1/s1. The normalized spacial score (nSPS) is 17.9. The van der Waals surface area contributed by atoms with Gasteiger partial charge < -0.3 is 10.4 Å². The summed E-state index contributed by atoms with van der Waals surface area (Å²) in [4.78, 5) is 19.5. The van der Waals surface area contributed by atoms with E-state index in [2.05, 4.69) is 22.1 Å². The van der Waals surface area contributed by atoms with E-state index < -0.39 is 15.9 Å². The number of rotatable bonds is 6. The van der Waals surface area contributed by atoms with Crippen LogP contribution in [0.3, 0.4) is 0 Å². The van der Waals surface area contributed by atoms with Crippen LogP contribution >= 0.6 is 0 Å². The van der Waals surface area contributed by atoms with Gasteiger partial charge in [-0.2, -0.15) is 0 Å². The monoisotopic (exact) mass is 403 g/mol. The molecule has 0 saturated carbocycles. The summed E-state index contributed by atoms with van der Waals surface area (Å²) in [6.07, 6.45) is 1.55. The fourth-order valence-electron chi connectivity index (χ4n) is 3.31. The van der Waals surface area contributed by atoms with Crippen LogP contribution < -0.4 is 5.32 Å². The highest BCUT2D eigenvalue weighted by atomic mass is 32.2. The van der Waals surface area contributed by atoms with Crippen molar-refractivity contribution in [2.45, 2.75) is 37.4 Å². The fraction of sp³-hybridized carbons (Fsp3) is 0.400. The number of hydrogen-bond donors (Lipinski definition) is 2. The molecule has 150 valence electrons. The third-order valence-corrected chi connectivity index (χ3v) is 7.00. The second-order valence-corrected chi connectivity index (χ2v) is 9.32. The molecule has 2 heterocycles. The van der Waals surface area contributed by atoms with Gasteiger partial charge in [-0.25, -0.2) is 8.42 Å². The van der Waals surface area contributed by atoms with Crippen molar-refractivity contribution in [3.8, 4) is 0 Å². The van der Waals surface area contributed by atoms with Crippen LogP contribution in [0.5, 0.6) is 0 Å². The number of fused-ring (bicyclic) bond motifs is 1. The largest absolute Gasteiger partial charge is 0.394 e. The number of hydrogen-bond acceptors (Lipinski definition) is 6. The van der Waals surface area contributed by atoms with Crippen molar-refractivity contribution in [1.29, 1.82) is 0 Å². The lowest BCUT2D eigenvalue weighted by atomic mass is 10.1. The number of nitrogens with zero attached hydrogens (tertiary/aromatic N) is 2. The Bertz CT molecular complexity index is 973. The number of aromatic nitrogens is 1. The first-order chi connectivity index (χ1) is 13.3. The third-order valence-electron chi connectivity index (χ3n) is 5.25. The van der Waals surface area contributed by atoms with Crippen LogP contribution in [-0.4, -0.2) is 48.7 Å². The first-order valence-electron chi connectivity index (χ1n) is 9.20. The van der Waals surface area contributed by atoms with E-state index in [9.17, 15) is 18.3 Å². The van der Waals surface area contributed by atoms with Crippen molar-refractivity contribution in [3.63, 3.8) is 0 Å². The lowest BCUT2D eigenvalue weighted by molar-refractivity contribution is 0.0915. The molecule has 0 saturated heterocycles. The molecular weight excluding hydrogens is 378 g/mol. The highest BCUT2D eigenvalue weighted by Crippen LogP contribution is 2.30. The molecule has 7 nitrogen and oxygen atoms in total. The van der Waals surface area contributed by atoms with Gasteiger partial charge in [-0.1, -0.05) is 19.1 Å². The molecule has 0 spiro atoms. The molecule has 1 aliphatic heterocycles. The summed E-state index contributed by atoms with van der Waals surface area (Å²) in [5, 5.41) is 12.5. The molecule has 0 fully saturated rings. The van der Waals surface area contributed by atoms with E-state index in [-0.39, 0.29) is 29.2 Å². The molecule has 0 aliphatic carbocycles. The van der Waals surface area contributed by atoms with Crippen LogP contribution in [0.25, 0.3) is 0 Å². The Hall–Kier alpha value is -2.29. The van der Waals surface area contributed by atoms with Gasteiger partial charge in [0.25, 0.3) is 5.91 Å². The van der Waals surface area contributed by atoms with Crippen molar-refractivity contribution >= 4 is 15.7 Å². The number of sulfone groups is 1. The van der Waals surface area contributed by atoms with E-state index in [4.69, 9.17) is 0 Å². The molecule has 2 N–H and O–H groups in total. The molecule has 8 heteroatoms. The molecule has 0 unspecified atom stereocenters. The summed E-state index contributed by atoms with van der Waals surface area (Å²) < 4.78 is 23.8. The van der Waals surface area contributed by atoms with E-state index in [0.29, 0.717) is 11.1 Å². The van der Waals surface area contributed by atoms with Gasteiger partial charge in [0.05, 0.1) is 34.6 Å². The first kappa shape index (κ1) is 20.4. The summed E-state index contributed by atoms with van der Waals surface area (Å²) in [6, 6.07) is 7.64. The molecule has 2 aromatic rings. The first-order valence-corrected chi connectivity index (χ1v) is 10.9. The molecule has 1 aromatic heterocycles. The lowest BCUT2D eigenvalue weighted by Crippen LogP contribution is -2.31. The minimum atomic E-state index is -3.29. The average Bonchev–Trinajstić information content (AvgIpc) is 2.99. The summed E-state index contributed by atoms with van der Waals surface area (Å²) >= 11 is 0. The zero-order valence-electron chi connectivity index (χ0n) is 16.2. The van der Waals surface area contributed by atoms with Crippen molar-refractivity contribution in [2.24, 2.45) is 0 Å². The highest BCUT2D eigenvalue weighted by Gasteiger charge is 2.26. The number of benzene rings is 1. The van der Waals surface area contributed by atoms with Gasteiger partial charge in [0.15, 0.2) is 9.84 Å². The number of carbonyl (C=O) groups excluding carboxylic acids is 1. The second-order valence-electron chi connectivity index (χ2n) is 7.04. The van der Waals surface area contributed by atoms with E-state index in [1.54, 1.807) is 25.3 Å². The predicted molar refractivity (Wildman–Crippen MR) is 106 cm³/mol. The number of pyridine rings is 1. The Kier molecular flexibility index (Phi) is 5.83. The minimum Gasteiger partial charge on any atom is -0.394 e. The maximum absolute atomic E-state index is 12.7. The summed E-state index contributed by atoms with van der Waals surface area (Å²) in [5.74, 6) is -0.312. The molecule has 2 atom stereocenters. The predicted octanol–water partition coefficient (Wildman–Crippen LogP) is 1.85. The number of carbonyl (C=O) groups is 1. The van der Waals surface area contributed by atoms with Gasteiger partial charge in [0, 0.05) is 18.8 Å². The maximum Gasteiger partial charge on any atom is 0.253 e. The van der Waals surface area contributed by atoms with Gasteiger partial charge >= 0.3 is 0 Å². The van der Waals surface area contributed by atoms with E-state index in [0.717, 1.165) is 17.8 Å². The van der Waals surface area contributed by atoms with Crippen LogP contribution in [0.2, 0.25) is 0 Å². The zero-order valence-corrected chi connectivity index (χ0v) is 17.0. The molecule has 1 aromatic carbocycles. The van der Waals surface area contributed by atoms with Gasteiger partial charge in [0.2, 0.25) is 0 Å². The Labute approximate surface area is 165 Å². The van der Waals surface area contributed by atoms with Crippen molar-refractivity contribution in [3.05, 3.63) is 58.9 Å². The Morgan fingerprint density at radius 1 is 1.36 bits per heavy atom. The molecule has 28 heavy (non-hydrogen) atoms. The average molecular weight is 404 g/mol. The molecular formula is C20H25N3O4S. The number of amides is 1. The Morgan fingerprint density at radius 3 is 2.64 bits per heavy atom. The Morgan fingerprint density at radius 2 is 2.04 bits per heavy atom. The quantitative estimate of drug-likeness (QED) is 0.764. The minimum absolute atomic E-state index is 0.0195. The van der Waals surface area contributed by atoms with Crippen LogP contribution in [0, 0.1) is 0 Å². The topological polar surface area (TPSA) is 99.6 Å². The second kappa shape index (κ2) is 7.98. The van der Waals surface area contributed by atoms with Gasteiger partial charge in [-0.15, -0.1) is 0 Å². The number of nitrogens with one attached hydrogen (secondary N) is 1. The smallest absolute Gasteiger partial charge is 0.253 e. The van der Waals surface area contributed by atoms with Crippen LogP contribution in [0.4, 0.5) is 0 Å². The van der Waals surface area contributed by atoms with Crippen LogP contribution in [0.1, 0.15) is 53.1 Å². The molecule has 1 aliphatic rings. The highest BCUT2D eigenvalue weighted by molar-refractivity contribution is 7.91. The van der Waals surface area contributed by atoms with E-state index in [1.165, 1.54) is 12.1 Å². The molecule has 0 bridgehead atoms. The summed E-state index contributed by atoms with van der Waals surface area (Å²) in [5.41, 5.74) is 3.07. The van der Waals surface area contributed by atoms with Crippen LogP contribution in [-0.2, 0) is 16.4 Å². The Balaban J connectivity index is 1.76. The fourth-order valence-corrected chi connectivity index (χ4v) is 4.20. The third kappa shape index (κ3) is 3.94. The van der Waals surface area contributed by atoms with E-state index >= 15 is 0 Å². The van der Waals surface area contributed by atoms with Crippen molar-refractivity contribution in [1.82, 2.24) is 15.2 Å². The van der Waals surface area contributed by atoms with Crippen LogP contribution in [0.15, 0.2) is 41.4 Å². The molecule has 1 amide bonds.